The molecule has 0 spiro atoms. The Labute approximate surface area is 515 Å². The number of unbranched alkanes of at least 4 members (excludes halogenated alkanes) is 41. The summed E-state index contributed by atoms with van der Waals surface area (Å²) >= 11 is 0. The molecule has 1 unspecified atom stereocenters. The summed E-state index contributed by atoms with van der Waals surface area (Å²) in [6.45, 7) is 6.51. The fraction of sp³-hybridized carbons (Fsp3) is 0.779. The van der Waals surface area contributed by atoms with Crippen LogP contribution >= 0.6 is 0 Å². The summed E-state index contributed by atoms with van der Waals surface area (Å²) < 4.78 is 16.9. The predicted octanol–water partition coefficient (Wildman–Crippen LogP) is 25.0. The van der Waals surface area contributed by atoms with Crippen molar-refractivity contribution in [3.05, 3.63) is 85.1 Å². The van der Waals surface area contributed by atoms with E-state index in [1.54, 1.807) is 0 Å². The van der Waals surface area contributed by atoms with E-state index in [-0.39, 0.29) is 31.1 Å². The van der Waals surface area contributed by atoms with Gasteiger partial charge in [-0.3, -0.25) is 14.4 Å². The van der Waals surface area contributed by atoms with Crippen molar-refractivity contribution in [2.45, 2.75) is 374 Å². The van der Waals surface area contributed by atoms with Crippen molar-refractivity contribution in [1.82, 2.24) is 0 Å². The summed E-state index contributed by atoms with van der Waals surface area (Å²) in [6, 6.07) is 0. The normalized spacial score (nSPS) is 12.6. The molecular formula is C77H136O6. The van der Waals surface area contributed by atoms with Gasteiger partial charge in [0.25, 0.3) is 0 Å². The van der Waals surface area contributed by atoms with E-state index in [4.69, 9.17) is 14.2 Å². The van der Waals surface area contributed by atoms with Gasteiger partial charge in [0.2, 0.25) is 0 Å². The van der Waals surface area contributed by atoms with Crippen LogP contribution in [0.25, 0.3) is 0 Å². The van der Waals surface area contributed by atoms with E-state index in [1.807, 2.05) is 0 Å². The Morgan fingerprint density at radius 3 is 0.771 bits per heavy atom. The highest BCUT2D eigenvalue weighted by Crippen LogP contribution is 2.18. The van der Waals surface area contributed by atoms with Gasteiger partial charge >= 0.3 is 17.9 Å². The molecule has 0 aromatic carbocycles. The minimum atomic E-state index is -0.791. The summed E-state index contributed by atoms with van der Waals surface area (Å²) in [5, 5.41) is 0. The van der Waals surface area contributed by atoms with Gasteiger partial charge in [0.1, 0.15) is 13.2 Å². The van der Waals surface area contributed by atoms with Gasteiger partial charge in [-0.25, -0.2) is 0 Å². The molecule has 0 radical (unpaired) electrons. The number of rotatable bonds is 66. The molecule has 1 atom stereocenters. The molecule has 0 fully saturated rings. The minimum absolute atomic E-state index is 0.0845. The molecule has 83 heavy (non-hydrogen) atoms. The molecule has 480 valence electrons. The fourth-order valence-electron chi connectivity index (χ4n) is 10.5. The van der Waals surface area contributed by atoms with Crippen LogP contribution in [0.3, 0.4) is 0 Å². The number of carbonyl (C=O) groups is 3. The molecule has 0 aliphatic carbocycles. The zero-order valence-electron chi connectivity index (χ0n) is 55.2. The Morgan fingerprint density at radius 1 is 0.253 bits per heavy atom. The van der Waals surface area contributed by atoms with Crippen LogP contribution in [-0.2, 0) is 28.6 Å². The molecule has 6 heteroatoms. The number of allylic oxidation sites excluding steroid dienone is 14. The van der Waals surface area contributed by atoms with Crippen LogP contribution in [0, 0.1) is 0 Å². The average Bonchev–Trinajstić information content (AvgIpc) is 3.49. The van der Waals surface area contributed by atoms with Crippen LogP contribution < -0.4 is 0 Å². The maximum absolute atomic E-state index is 12.9. The molecule has 0 aromatic heterocycles. The Bertz CT molecular complexity index is 1570. The third-order valence-corrected chi connectivity index (χ3v) is 15.9. The van der Waals surface area contributed by atoms with Gasteiger partial charge in [-0.1, -0.05) is 318 Å². The average molecular weight is 1160 g/mol. The first kappa shape index (κ1) is 79.6. The Kier molecular flexibility index (Phi) is 68.2. The summed E-state index contributed by atoms with van der Waals surface area (Å²) in [5.41, 5.74) is 0. The molecule has 0 saturated heterocycles. The molecular weight excluding hydrogens is 1020 g/mol. The summed E-state index contributed by atoms with van der Waals surface area (Å²) in [6.07, 6.45) is 94.9. The predicted molar refractivity (Wildman–Crippen MR) is 362 cm³/mol. The molecule has 0 aromatic rings. The SMILES string of the molecule is CC/C=C\C/C=C\C/C=C\CCCCCC(=O)OCC(COC(=O)CCCCCCCCCCCCCCCCCCCCCCC/C=C\C/C=C\CCCCCCC)OC(=O)CCCCCCCCCCC/C=C\C/C=C\CCCCC. The van der Waals surface area contributed by atoms with Gasteiger partial charge < -0.3 is 14.2 Å². The Hall–Kier alpha value is -3.41. The number of ether oxygens (including phenoxy) is 3. The molecule has 6 nitrogen and oxygen atoms in total. The van der Waals surface area contributed by atoms with Gasteiger partial charge in [-0.15, -0.1) is 0 Å². The van der Waals surface area contributed by atoms with Crippen molar-refractivity contribution in [3.63, 3.8) is 0 Å². The monoisotopic (exact) mass is 1160 g/mol. The summed E-state index contributed by atoms with van der Waals surface area (Å²) in [5.74, 6) is -0.902. The highest BCUT2D eigenvalue weighted by Gasteiger charge is 2.19. The molecule has 0 aliphatic heterocycles. The molecule has 0 heterocycles. The highest BCUT2D eigenvalue weighted by atomic mass is 16.6. The van der Waals surface area contributed by atoms with Crippen LogP contribution in [0.4, 0.5) is 0 Å². The fourth-order valence-corrected chi connectivity index (χ4v) is 10.5. The molecule has 0 rings (SSSR count). The quantitative estimate of drug-likeness (QED) is 0.0261. The van der Waals surface area contributed by atoms with Crippen LogP contribution in [-0.4, -0.2) is 37.2 Å². The first-order chi connectivity index (χ1) is 41.0. The zero-order chi connectivity index (χ0) is 59.9. The largest absolute Gasteiger partial charge is 0.462 e. The van der Waals surface area contributed by atoms with E-state index in [0.29, 0.717) is 19.3 Å². The Morgan fingerprint density at radius 2 is 0.470 bits per heavy atom. The van der Waals surface area contributed by atoms with Crippen molar-refractivity contribution in [3.8, 4) is 0 Å². The zero-order valence-corrected chi connectivity index (χ0v) is 55.2. The lowest BCUT2D eigenvalue weighted by molar-refractivity contribution is -0.167. The molecule has 0 aliphatic rings. The van der Waals surface area contributed by atoms with E-state index >= 15 is 0 Å². The topological polar surface area (TPSA) is 78.9 Å². The maximum atomic E-state index is 12.9. The highest BCUT2D eigenvalue weighted by molar-refractivity contribution is 5.71. The molecule has 0 saturated carbocycles. The van der Waals surface area contributed by atoms with Crippen LogP contribution in [0.15, 0.2) is 85.1 Å². The van der Waals surface area contributed by atoms with E-state index in [2.05, 4.69) is 106 Å². The van der Waals surface area contributed by atoms with Crippen molar-refractivity contribution in [1.29, 1.82) is 0 Å². The second-order valence-electron chi connectivity index (χ2n) is 24.1. The second-order valence-corrected chi connectivity index (χ2v) is 24.1. The third kappa shape index (κ3) is 69.3. The van der Waals surface area contributed by atoms with Crippen molar-refractivity contribution < 1.29 is 28.6 Å². The van der Waals surface area contributed by atoms with E-state index in [1.165, 1.54) is 231 Å². The van der Waals surface area contributed by atoms with Gasteiger partial charge in [0.15, 0.2) is 6.10 Å². The summed E-state index contributed by atoms with van der Waals surface area (Å²) in [4.78, 5) is 38.4. The summed E-state index contributed by atoms with van der Waals surface area (Å²) in [7, 11) is 0. The van der Waals surface area contributed by atoms with Gasteiger partial charge in [0, 0.05) is 19.3 Å². The first-order valence-electron chi connectivity index (χ1n) is 36.1. The van der Waals surface area contributed by atoms with Gasteiger partial charge in [-0.05, 0) is 116 Å². The second kappa shape index (κ2) is 71.1. The van der Waals surface area contributed by atoms with Crippen LogP contribution in [0.2, 0.25) is 0 Å². The van der Waals surface area contributed by atoms with Crippen molar-refractivity contribution in [2.24, 2.45) is 0 Å². The van der Waals surface area contributed by atoms with E-state index in [9.17, 15) is 14.4 Å². The van der Waals surface area contributed by atoms with E-state index < -0.39 is 6.10 Å². The van der Waals surface area contributed by atoms with Crippen LogP contribution in [0.1, 0.15) is 367 Å². The van der Waals surface area contributed by atoms with Crippen molar-refractivity contribution >= 4 is 17.9 Å². The Balaban J connectivity index is 4.16. The molecule has 0 bridgehead atoms. The minimum Gasteiger partial charge on any atom is -0.462 e. The maximum Gasteiger partial charge on any atom is 0.306 e. The van der Waals surface area contributed by atoms with Gasteiger partial charge in [0.05, 0.1) is 0 Å². The van der Waals surface area contributed by atoms with Gasteiger partial charge in [-0.2, -0.15) is 0 Å². The standard InChI is InChI=1S/C77H136O6/c1-4-7-10-13-16-19-22-25-27-29-31-32-33-34-35-36-37-38-39-40-41-42-43-44-46-47-49-52-55-58-61-64-67-70-76(79)82-73-74(72-81-75(78)69-66-63-60-57-54-51-24-21-18-15-12-9-6-3)83-77(80)71-68-65-62-59-56-53-50-48-45-30-28-26-23-20-17-14-11-8-5-2/h9,12,17-18,20-22,25-26,28-29,31,51,54,74H,4-8,10-11,13-16,19,23-24,27,30,32-50,52-53,55-73H2,1-3H3/b12-9-,20-17-,21-18-,25-22-,28-26-,31-29-,54-51-. The third-order valence-electron chi connectivity index (χ3n) is 15.9. The lowest BCUT2D eigenvalue weighted by Crippen LogP contribution is -2.30. The smallest absolute Gasteiger partial charge is 0.306 e. The lowest BCUT2D eigenvalue weighted by atomic mass is 10.0. The lowest BCUT2D eigenvalue weighted by Gasteiger charge is -2.18. The number of esters is 3. The number of hydrogen-bond acceptors (Lipinski definition) is 6. The number of hydrogen-bond donors (Lipinski definition) is 0. The molecule has 0 N–H and O–H groups in total. The first-order valence-corrected chi connectivity index (χ1v) is 36.1. The number of carbonyl (C=O) groups excluding carboxylic acids is 3. The molecule has 0 amide bonds. The van der Waals surface area contributed by atoms with Crippen molar-refractivity contribution in [2.75, 3.05) is 13.2 Å². The van der Waals surface area contributed by atoms with E-state index in [0.717, 1.165) is 96.3 Å². The van der Waals surface area contributed by atoms with Crippen LogP contribution in [0.5, 0.6) is 0 Å².